The molecule has 2 aromatic rings. The minimum absolute atomic E-state index is 0.0173. The highest BCUT2D eigenvalue weighted by Crippen LogP contribution is 2.52. The number of carbonyl (C=O) groups excluding carboxylic acids is 2. The minimum atomic E-state index is -4.83. The zero-order valence-corrected chi connectivity index (χ0v) is 18.8. The van der Waals surface area contributed by atoms with Crippen LogP contribution in [0.4, 0.5) is 18.9 Å². The summed E-state index contributed by atoms with van der Waals surface area (Å²) in [5.74, 6) is -1.06. The van der Waals surface area contributed by atoms with E-state index < -0.39 is 18.0 Å². The van der Waals surface area contributed by atoms with E-state index in [-0.39, 0.29) is 28.3 Å². The molecule has 1 saturated heterocycles. The molecule has 1 aliphatic heterocycles. The van der Waals surface area contributed by atoms with E-state index in [1.807, 2.05) is 4.90 Å². The van der Waals surface area contributed by atoms with Gasteiger partial charge < -0.3 is 15.0 Å². The Morgan fingerprint density at radius 2 is 1.73 bits per heavy atom. The second kappa shape index (κ2) is 8.08. The first-order chi connectivity index (χ1) is 15.3. The average molecular weight is 460 g/mol. The number of nitrogens with one attached hydrogen (secondary N) is 1. The number of likely N-dealkylation sites (tertiary alicyclic amines) is 1. The van der Waals surface area contributed by atoms with Gasteiger partial charge in [0.15, 0.2) is 0 Å². The van der Waals surface area contributed by atoms with E-state index in [1.54, 1.807) is 24.3 Å². The number of ether oxygens (including phenoxy) is 1. The molecule has 176 valence electrons. The molecule has 1 saturated carbocycles. The molecule has 0 spiro atoms. The molecule has 1 N–H and O–H groups in total. The van der Waals surface area contributed by atoms with Crippen LogP contribution >= 0.6 is 0 Å². The number of anilines is 1. The molecular formula is C25H27F3N2O3. The average Bonchev–Trinajstić information content (AvgIpc) is 2.95. The highest BCUT2D eigenvalue weighted by atomic mass is 19.4. The van der Waals surface area contributed by atoms with E-state index in [0.717, 1.165) is 37.9 Å². The first-order valence-electron chi connectivity index (χ1n) is 10.9. The summed E-state index contributed by atoms with van der Waals surface area (Å²) in [5, 5.41) is 2.64. The highest BCUT2D eigenvalue weighted by molar-refractivity contribution is 6.04. The van der Waals surface area contributed by atoms with Gasteiger partial charge in [-0.2, -0.15) is 0 Å². The van der Waals surface area contributed by atoms with Crippen LogP contribution in [-0.2, 0) is 0 Å². The Morgan fingerprint density at radius 1 is 1.03 bits per heavy atom. The Balaban J connectivity index is 1.42. The van der Waals surface area contributed by atoms with Crippen LogP contribution in [0.1, 0.15) is 60.7 Å². The van der Waals surface area contributed by atoms with Gasteiger partial charge in [-0.1, -0.05) is 26.8 Å². The van der Waals surface area contributed by atoms with Gasteiger partial charge in [0, 0.05) is 29.4 Å². The van der Waals surface area contributed by atoms with Crippen molar-refractivity contribution in [1.82, 2.24) is 4.90 Å². The molecule has 2 atom stereocenters. The summed E-state index contributed by atoms with van der Waals surface area (Å²) in [6, 6.07) is 11.7. The quantitative estimate of drug-likeness (QED) is 0.620. The molecule has 2 aromatic carbocycles. The molecule has 5 nitrogen and oxygen atoms in total. The zero-order chi connectivity index (χ0) is 24.0. The topological polar surface area (TPSA) is 58.6 Å². The number of rotatable bonds is 4. The van der Waals surface area contributed by atoms with Crippen molar-refractivity contribution >= 4 is 17.5 Å². The van der Waals surface area contributed by atoms with Crippen LogP contribution in [0.15, 0.2) is 48.5 Å². The third-order valence-electron chi connectivity index (χ3n) is 6.40. The Bertz CT molecular complexity index is 1070. The van der Waals surface area contributed by atoms with Crippen molar-refractivity contribution in [2.24, 2.45) is 10.8 Å². The normalized spacial score (nSPS) is 23.8. The third kappa shape index (κ3) is 5.31. The number of halogens is 3. The lowest BCUT2D eigenvalue weighted by atomic mass is 9.65. The summed E-state index contributed by atoms with van der Waals surface area (Å²) in [5.41, 5.74) is 1.36. The molecule has 0 radical (unpaired) electrons. The van der Waals surface area contributed by atoms with Crippen molar-refractivity contribution in [3.05, 3.63) is 59.7 Å². The molecule has 2 amide bonds. The fourth-order valence-corrected chi connectivity index (χ4v) is 5.60. The Hall–Kier alpha value is -3.03. The summed E-state index contributed by atoms with van der Waals surface area (Å²) >= 11 is 0. The Kier molecular flexibility index (Phi) is 5.66. The molecule has 4 rings (SSSR count). The lowest BCUT2D eigenvalue weighted by Gasteiger charge is -2.39. The number of hydrogen-bond acceptors (Lipinski definition) is 3. The predicted molar refractivity (Wildman–Crippen MR) is 118 cm³/mol. The number of hydrogen-bond donors (Lipinski definition) is 1. The number of carbonyl (C=O) groups is 2. The van der Waals surface area contributed by atoms with Crippen LogP contribution in [0, 0.1) is 10.8 Å². The molecule has 8 heteroatoms. The molecule has 1 heterocycles. The van der Waals surface area contributed by atoms with E-state index in [4.69, 9.17) is 0 Å². The summed E-state index contributed by atoms with van der Waals surface area (Å²) in [6.45, 7) is 7.51. The van der Waals surface area contributed by atoms with Gasteiger partial charge in [0.2, 0.25) is 0 Å². The van der Waals surface area contributed by atoms with Crippen molar-refractivity contribution in [3.8, 4) is 5.75 Å². The van der Waals surface area contributed by atoms with Gasteiger partial charge >= 0.3 is 6.36 Å². The van der Waals surface area contributed by atoms with Crippen molar-refractivity contribution in [1.29, 1.82) is 0 Å². The molecular weight excluding hydrogens is 433 g/mol. The largest absolute Gasteiger partial charge is 0.573 e. The van der Waals surface area contributed by atoms with Crippen molar-refractivity contribution in [3.63, 3.8) is 0 Å². The molecule has 2 bridgehead atoms. The second-order valence-corrected chi connectivity index (χ2v) is 10.3. The number of fused-ring (bicyclic) bond motifs is 2. The van der Waals surface area contributed by atoms with Crippen molar-refractivity contribution in [2.75, 3.05) is 11.9 Å². The maximum atomic E-state index is 13.2. The molecule has 2 fully saturated rings. The fourth-order valence-electron chi connectivity index (χ4n) is 5.60. The van der Waals surface area contributed by atoms with Gasteiger partial charge in [0.25, 0.3) is 11.8 Å². The molecule has 2 aliphatic rings. The van der Waals surface area contributed by atoms with Crippen LogP contribution in [0.3, 0.4) is 0 Å². The van der Waals surface area contributed by atoms with Gasteiger partial charge in [0.05, 0.1) is 0 Å². The monoisotopic (exact) mass is 460 g/mol. The maximum Gasteiger partial charge on any atom is 0.573 e. The Labute approximate surface area is 190 Å². The zero-order valence-electron chi connectivity index (χ0n) is 18.8. The van der Waals surface area contributed by atoms with Crippen LogP contribution in [0.2, 0.25) is 0 Å². The van der Waals surface area contributed by atoms with Gasteiger partial charge in [-0.05, 0) is 72.6 Å². The molecule has 33 heavy (non-hydrogen) atoms. The maximum absolute atomic E-state index is 13.2. The molecule has 0 aromatic heterocycles. The van der Waals surface area contributed by atoms with Gasteiger partial charge in [-0.3, -0.25) is 9.59 Å². The third-order valence-corrected chi connectivity index (χ3v) is 6.40. The molecule has 1 aliphatic carbocycles. The van der Waals surface area contributed by atoms with Gasteiger partial charge in [-0.25, -0.2) is 0 Å². The highest BCUT2D eigenvalue weighted by Gasteiger charge is 2.51. The number of amides is 2. The van der Waals surface area contributed by atoms with Crippen LogP contribution in [0.5, 0.6) is 5.75 Å². The number of benzene rings is 2. The summed E-state index contributed by atoms with van der Waals surface area (Å²) in [7, 11) is 0. The summed E-state index contributed by atoms with van der Waals surface area (Å²) < 4.78 is 41.1. The second-order valence-electron chi connectivity index (χ2n) is 10.3. The summed E-state index contributed by atoms with van der Waals surface area (Å²) in [4.78, 5) is 27.6. The van der Waals surface area contributed by atoms with Crippen molar-refractivity contribution in [2.45, 2.75) is 52.4 Å². The van der Waals surface area contributed by atoms with Gasteiger partial charge in [0.1, 0.15) is 5.75 Å². The standard InChI is InChI=1S/C25H27F3N2O3/c1-23(2)12-19-13-24(3,14-23)15-30(19)22(32)16-7-9-18(10-8-16)29-21(31)17-5-4-6-20(11-17)33-25(26,27)28/h4-11,19H,12-15H2,1-3H3,(H,29,31). The van der Waals surface area contributed by atoms with Gasteiger partial charge in [-0.15, -0.1) is 13.2 Å². The first-order valence-corrected chi connectivity index (χ1v) is 10.9. The minimum Gasteiger partial charge on any atom is -0.406 e. The van der Waals surface area contributed by atoms with E-state index in [0.29, 0.717) is 11.3 Å². The van der Waals surface area contributed by atoms with E-state index >= 15 is 0 Å². The number of nitrogens with zero attached hydrogens (tertiary/aromatic N) is 1. The summed E-state index contributed by atoms with van der Waals surface area (Å²) in [6.07, 6.45) is -1.73. The van der Waals surface area contributed by atoms with E-state index in [9.17, 15) is 22.8 Å². The van der Waals surface area contributed by atoms with E-state index in [1.165, 1.54) is 12.1 Å². The molecule has 2 unspecified atom stereocenters. The van der Waals surface area contributed by atoms with E-state index in [2.05, 4.69) is 30.8 Å². The van der Waals surface area contributed by atoms with Crippen molar-refractivity contribution < 1.29 is 27.5 Å². The van der Waals surface area contributed by atoms with Crippen LogP contribution in [0.25, 0.3) is 0 Å². The fraction of sp³-hybridized carbons (Fsp3) is 0.440. The smallest absolute Gasteiger partial charge is 0.406 e. The van der Waals surface area contributed by atoms with Crippen LogP contribution in [-0.4, -0.2) is 35.7 Å². The first kappa shape index (κ1) is 23.1. The SMILES string of the molecule is CC1(C)CC2CC(C)(CN2C(=O)c2ccc(NC(=O)c3cccc(OC(F)(F)F)c3)cc2)C1. The predicted octanol–water partition coefficient (Wildman–Crippen LogP) is 5.88. The lowest BCUT2D eigenvalue weighted by Crippen LogP contribution is -2.37. The van der Waals surface area contributed by atoms with Crippen LogP contribution < -0.4 is 10.1 Å². The lowest BCUT2D eigenvalue weighted by molar-refractivity contribution is -0.274. The Morgan fingerprint density at radius 3 is 2.39 bits per heavy atom. The number of alkyl halides is 3.